The van der Waals surface area contributed by atoms with Crippen LogP contribution in [0.2, 0.25) is 0 Å². The SMILES string of the molecule is CCc1cc(NC(=O)C2NCCc3ccccc32)n[nH]1. The van der Waals surface area contributed by atoms with Crippen molar-refractivity contribution < 1.29 is 4.79 Å². The molecular formula is C15H18N4O. The van der Waals surface area contributed by atoms with Gasteiger partial charge in [-0.05, 0) is 24.0 Å². The van der Waals surface area contributed by atoms with Crippen molar-refractivity contribution >= 4 is 11.7 Å². The van der Waals surface area contributed by atoms with Gasteiger partial charge in [-0.15, -0.1) is 0 Å². The summed E-state index contributed by atoms with van der Waals surface area (Å²) in [7, 11) is 0. The average molecular weight is 270 g/mol. The Kier molecular flexibility index (Phi) is 3.52. The van der Waals surface area contributed by atoms with Gasteiger partial charge in [0.15, 0.2) is 5.82 Å². The Morgan fingerprint density at radius 2 is 2.30 bits per heavy atom. The molecule has 0 radical (unpaired) electrons. The van der Waals surface area contributed by atoms with Crippen molar-refractivity contribution in [3.05, 3.63) is 47.2 Å². The summed E-state index contributed by atoms with van der Waals surface area (Å²) in [5.74, 6) is 0.517. The van der Waals surface area contributed by atoms with Crippen LogP contribution in [0.25, 0.3) is 0 Å². The molecule has 104 valence electrons. The smallest absolute Gasteiger partial charge is 0.247 e. The first-order valence-corrected chi connectivity index (χ1v) is 6.94. The Bertz CT molecular complexity index is 620. The number of carbonyl (C=O) groups excluding carboxylic acids is 1. The topological polar surface area (TPSA) is 69.8 Å². The van der Waals surface area contributed by atoms with E-state index in [1.165, 1.54) is 5.56 Å². The highest BCUT2D eigenvalue weighted by atomic mass is 16.2. The van der Waals surface area contributed by atoms with Gasteiger partial charge < -0.3 is 10.6 Å². The summed E-state index contributed by atoms with van der Waals surface area (Å²) in [5, 5.41) is 13.1. The standard InChI is InChI=1S/C15H18N4O/c1-2-11-9-13(19-18-11)17-15(20)14-12-6-4-3-5-10(12)7-8-16-14/h3-6,9,14,16H,2,7-8H2,1H3,(H2,17,18,19,20). The van der Waals surface area contributed by atoms with Crippen LogP contribution in [0.5, 0.6) is 0 Å². The van der Waals surface area contributed by atoms with Crippen molar-refractivity contribution in [2.24, 2.45) is 0 Å². The molecule has 0 saturated heterocycles. The molecule has 1 aliphatic rings. The number of aromatic amines is 1. The second kappa shape index (κ2) is 5.46. The first-order valence-electron chi connectivity index (χ1n) is 6.94. The number of hydrogen-bond donors (Lipinski definition) is 3. The van der Waals surface area contributed by atoms with Crippen LogP contribution in [0.15, 0.2) is 30.3 Å². The zero-order valence-electron chi connectivity index (χ0n) is 11.4. The minimum Gasteiger partial charge on any atom is -0.308 e. The summed E-state index contributed by atoms with van der Waals surface area (Å²) in [4.78, 5) is 12.4. The van der Waals surface area contributed by atoms with Crippen LogP contribution in [-0.4, -0.2) is 22.6 Å². The summed E-state index contributed by atoms with van der Waals surface area (Å²) in [6, 6.07) is 9.64. The van der Waals surface area contributed by atoms with E-state index in [1.54, 1.807) is 0 Å². The van der Waals surface area contributed by atoms with E-state index in [4.69, 9.17) is 0 Å². The molecule has 0 fully saturated rings. The lowest BCUT2D eigenvalue weighted by Crippen LogP contribution is -2.38. The summed E-state index contributed by atoms with van der Waals surface area (Å²) in [6.45, 7) is 2.86. The van der Waals surface area contributed by atoms with Crippen molar-refractivity contribution in [1.29, 1.82) is 0 Å². The molecule has 0 spiro atoms. The minimum atomic E-state index is -0.304. The van der Waals surface area contributed by atoms with Gasteiger partial charge in [0.1, 0.15) is 6.04 Å². The summed E-state index contributed by atoms with van der Waals surface area (Å²) >= 11 is 0. The molecule has 0 aliphatic carbocycles. The van der Waals surface area contributed by atoms with Crippen LogP contribution in [0, 0.1) is 0 Å². The number of nitrogens with zero attached hydrogens (tertiary/aromatic N) is 1. The Balaban J connectivity index is 1.78. The zero-order valence-corrected chi connectivity index (χ0v) is 11.4. The molecule has 3 N–H and O–H groups in total. The fourth-order valence-electron chi connectivity index (χ4n) is 2.54. The number of fused-ring (bicyclic) bond motifs is 1. The molecule has 5 heteroatoms. The lowest BCUT2D eigenvalue weighted by Gasteiger charge is -2.25. The molecular weight excluding hydrogens is 252 g/mol. The Morgan fingerprint density at radius 3 is 3.10 bits per heavy atom. The molecule has 2 heterocycles. The van der Waals surface area contributed by atoms with Gasteiger partial charge in [0.25, 0.3) is 0 Å². The summed E-state index contributed by atoms with van der Waals surface area (Å²) in [6.07, 6.45) is 1.83. The van der Waals surface area contributed by atoms with Crippen molar-refractivity contribution in [2.75, 3.05) is 11.9 Å². The highest BCUT2D eigenvalue weighted by Crippen LogP contribution is 2.23. The van der Waals surface area contributed by atoms with Crippen molar-refractivity contribution in [3.8, 4) is 0 Å². The van der Waals surface area contributed by atoms with Crippen LogP contribution in [0.1, 0.15) is 29.8 Å². The third-order valence-electron chi connectivity index (χ3n) is 3.63. The quantitative estimate of drug-likeness (QED) is 0.796. The molecule has 20 heavy (non-hydrogen) atoms. The minimum absolute atomic E-state index is 0.0636. The summed E-state index contributed by atoms with van der Waals surface area (Å²) in [5.41, 5.74) is 3.31. The molecule has 1 unspecified atom stereocenters. The average Bonchev–Trinajstić information content (AvgIpc) is 2.94. The van der Waals surface area contributed by atoms with E-state index in [0.29, 0.717) is 5.82 Å². The van der Waals surface area contributed by atoms with Gasteiger partial charge in [0.05, 0.1) is 0 Å². The number of aromatic nitrogens is 2. The molecule has 0 saturated carbocycles. The largest absolute Gasteiger partial charge is 0.308 e. The Hall–Kier alpha value is -2.14. The maximum Gasteiger partial charge on any atom is 0.247 e. The fraction of sp³-hybridized carbons (Fsp3) is 0.333. The van der Waals surface area contributed by atoms with Crippen molar-refractivity contribution in [3.63, 3.8) is 0 Å². The molecule has 0 bridgehead atoms. The van der Waals surface area contributed by atoms with Crippen LogP contribution >= 0.6 is 0 Å². The second-order valence-corrected chi connectivity index (χ2v) is 4.96. The van der Waals surface area contributed by atoms with E-state index in [1.807, 2.05) is 31.2 Å². The van der Waals surface area contributed by atoms with Gasteiger partial charge in [-0.3, -0.25) is 9.89 Å². The third kappa shape index (κ3) is 2.44. The number of anilines is 1. The van der Waals surface area contributed by atoms with E-state index >= 15 is 0 Å². The van der Waals surface area contributed by atoms with E-state index in [2.05, 4.69) is 26.9 Å². The van der Waals surface area contributed by atoms with Crippen LogP contribution in [0.4, 0.5) is 5.82 Å². The van der Waals surface area contributed by atoms with Crippen LogP contribution in [-0.2, 0) is 17.6 Å². The van der Waals surface area contributed by atoms with E-state index in [-0.39, 0.29) is 11.9 Å². The monoisotopic (exact) mass is 270 g/mol. The number of amides is 1. The molecule has 3 rings (SSSR count). The van der Waals surface area contributed by atoms with Gasteiger partial charge in [0.2, 0.25) is 5.91 Å². The molecule has 1 amide bonds. The number of benzene rings is 1. The van der Waals surface area contributed by atoms with E-state index in [0.717, 1.165) is 30.6 Å². The molecule has 1 atom stereocenters. The Labute approximate surface area is 117 Å². The highest BCUT2D eigenvalue weighted by Gasteiger charge is 2.26. The molecule has 2 aromatic rings. The number of hydrogen-bond acceptors (Lipinski definition) is 3. The van der Waals surface area contributed by atoms with Gasteiger partial charge in [0, 0.05) is 18.3 Å². The fourth-order valence-corrected chi connectivity index (χ4v) is 2.54. The predicted octanol–water partition coefficient (Wildman–Crippen LogP) is 1.80. The van der Waals surface area contributed by atoms with Gasteiger partial charge in [-0.2, -0.15) is 5.10 Å². The van der Waals surface area contributed by atoms with Crippen LogP contribution < -0.4 is 10.6 Å². The molecule has 5 nitrogen and oxygen atoms in total. The first-order chi connectivity index (χ1) is 9.78. The van der Waals surface area contributed by atoms with E-state index in [9.17, 15) is 4.79 Å². The normalized spacial score (nSPS) is 17.6. The summed E-state index contributed by atoms with van der Waals surface area (Å²) < 4.78 is 0. The van der Waals surface area contributed by atoms with Crippen LogP contribution in [0.3, 0.4) is 0 Å². The highest BCUT2D eigenvalue weighted by molar-refractivity contribution is 5.95. The maximum absolute atomic E-state index is 12.4. The maximum atomic E-state index is 12.4. The third-order valence-corrected chi connectivity index (χ3v) is 3.63. The molecule has 1 aromatic heterocycles. The van der Waals surface area contributed by atoms with Gasteiger partial charge >= 0.3 is 0 Å². The number of carbonyl (C=O) groups is 1. The van der Waals surface area contributed by atoms with Gasteiger partial charge in [-0.1, -0.05) is 31.2 Å². The number of rotatable bonds is 3. The first kappa shape index (κ1) is 12.9. The zero-order chi connectivity index (χ0) is 13.9. The lowest BCUT2D eigenvalue weighted by molar-refractivity contribution is -0.118. The van der Waals surface area contributed by atoms with Gasteiger partial charge in [-0.25, -0.2) is 0 Å². The van der Waals surface area contributed by atoms with Crippen molar-refractivity contribution in [1.82, 2.24) is 15.5 Å². The second-order valence-electron chi connectivity index (χ2n) is 4.96. The van der Waals surface area contributed by atoms with E-state index < -0.39 is 0 Å². The van der Waals surface area contributed by atoms with Crippen molar-refractivity contribution in [2.45, 2.75) is 25.8 Å². The molecule has 1 aromatic carbocycles. The molecule has 1 aliphatic heterocycles. The predicted molar refractivity (Wildman–Crippen MR) is 77.5 cm³/mol. The lowest BCUT2D eigenvalue weighted by atomic mass is 9.94. The Morgan fingerprint density at radius 1 is 1.45 bits per heavy atom. The number of aryl methyl sites for hydroxylation is 1. The number of nitrogens with one attached hydrogen (secondary N) is 3. The number of H-pyrrole nitrogens is 1.